The Morgan fingerprint density at radius 2 is 1.36 bits per heavy atom. The van der Waals surface area contributed by atoms with Crippen LogP contribution in [-0.2, 0) is 38.1 Å². The maximum atomic E-state index is 16.4. The summed E-state index contributed by atoms with van der Waals surface area (Å²) >= 11 is 0. The number of H-pyrrole nitrogens is 2. The van der Waals surface area contributed by atoms with Crippen molar-refractivity contribution in [2.75, 3.05) is 27.3 Å². The molecule has 4 amide bonds. The van der Waals surface area contributed by atoms with E-state index in [0.29, 0.717) is 75.7 Å². The number of aromatic nitrogens is 4. The molecule has 2 aromatic heterocycles. The highest BCUT2D eigenvalue weighted by molar-refractivity contribution is 5.88. The van der Waals surface area contributed by atoms with E-state index in [1.807, 2.05) is 31.2 Å². The van der Waals surface area contributed by atoms with Gasteiger partial charge < -0.3 is 39.9 Å². The normalized spacial score (nSPS) is 15.4. The molecule has 0 aliphatic heterocycles. The predicted molar refractivity (Wildman–Crippen MR) is 216 cm³/mol. The van der Waals surface area contributed by atoms with Gasteiger partial charge in [-0.25, -0.2) is 19.6 Å². The zero-order valence-electron chi connectivity index (χ0n) is 33.9. The molecule has 0 radical (unpaired) electrons. The molecule has 5 aromatic rings. The molecule has 14 nitrogen and oxygen atoms in total. The van der Waals surface area contributed by atoms with Crippen LogP contribution in [0, 0.1) is 5.41 Å². The summed E-state index contributed by atoms with van der Waals surface area (Å²) in [4.78, 5) is 68.9. The number of ether oxygens (including phenoxy) is 2. The van der Waals surface area contributed by atoms with Gasteiger partial charge in [-0.05, 0) is 85.0 Å². The zero-order valence-corrected chi connectivity index (χ0v) is 33.9. The van der Waals surface area contributed by atoms with Crippen LogP contribution >= 0.6 is 0 Å². The second-order valence-electron chi connectivity index (χ2n) is 15.7. The third kappa shape index (κ3) is 8.47. The van der Waals surface area contributed by atoms with Crippen molar-refractivity contribution in [1.82, 2.24) is 40.4 Å². The van der Waals surface area contributed by atoms with Crippen LogP contribution in [0.1, 0.15) is 69.7 Å². The van der Waals surface area contributed by atoms with Crippen LogP contribution in [0.15, 0.2) is 60.8 Å². The van der Waals surface area contributed by atoms with E-state index in [9.17, 15) is 19.2 Å². The molecule has 2 aliphatic carbocycles. The van der Waals surface area contributed by atoms with E-state index < -0.39 is 30.2 Å². The monoisotopic (exact) mass is 810 g/mol. The highest BCUT2D eigenvalue weighted by Crippen LogP contribution is 2.52. The first-order chi connectivity index (χ1) is 28.1. The summed E-state index contributed by atoms with van der Waals surface area (Å²) in [6.45, 7) is 8.50. The smallest absolute Gasteiger partial charge is 0.407 e. The minimum Gasteiger partial charge on any atom is -0.453 e. The summed E-state index contributed by atoms with van der Waals surface area (Å²) in [5.74, 6) is -2.82. The molecular weight excluding hydrogens is 763 g/mol. The van der Waals surface area contributed by atoms with Gasteiger partial charge in [-0.1, -0.05) is 44.2 Å². The molecular formula is C43H48F2N8O6. The summed E-state index contributed by atoms with van der Waals surface area (Å²) in [6, 6.07) is 13.9. The number of methoxy groups -OCH3 is 2. The van der Waals surface area contributed by atoms with E-state index in [2.05, 4.69) is 42.0 Å². The summed E-state index contributed by atoms with van der Waals surface area (Å²) in [6.07, 6.45) is 2.83. The fourth-order valence-electron chi connectivity index (χ4n) is 7.56. The number of nitrogens with zero attached hydrogens (tertiary/aromatic N) is 4. The lowest BCUT2D eigenvalue weighted by atomic mass is 9.98. The van der Waals surface area contributed by atoms with Gasteiger partial charge in [-0.15, -0.1) is 0 Å². The highest BCUT2D eigenvalue weighted by Gasteiger charge is 2.45. The molecule has 3 aromatic carbocycles. The van der Waals surface area contributed by atoms with E-state index in [4.69, 9.17) is 4.98 Å². The van der Waals surface area contributed by atoms with Gasteiger partial charge >= 0.3 is 12.2 Å². The minimum absolute atomic E-state index is 0.00489. The first kappa shape index (κ1) is 40.9. The molecule has 2 heterocycles. The Morgan fingerprint density at radius 3 is 1.97 bits per heavy atom. The van der Waals surface area contributed by atoms with Gasteiger partial charge in [0.15, 0.2) is 0 Å². The number of aromatic amines is 2. The number of amides is 4. The van der Waals surface area contributed by atoms with Crippen LogP contribution in [0.4, 0.5) is 18.4 Å². The van der Waals surface area contributed by atoms with Crippen molar-refractivity contribution in [3.05, 3.63) is 83.6 Å². The number of carbonyl (C=O) groups is 4. The lowest BCUT2D eigenvalue weighted by Gasteiger charge is -2.28. The number of hydrogen-bond donors (Lipinski definition) is 4. The molecule has 0 spiro atoms. The zero-order chi connectivity index (χ0) is 42.2. The van der Waals surface area contributed by atoms with Crippen molar-refractivity contribution in [3.8, 4) is 33.5 Å². The van der Waals surface area contributed by atoms with Gasteiger partial charge in [-0.3, -0.25) is 9.59 Å². The van der Waals surface area contributed by atoms with E-state index in [0.717, 1.165) is 12.8 Å². The molecule has 7 rings (SSSR count). The summed E-state index contributed by atoms with van der Waals surface area (Å²) in [5, 5.41) is 5.04. The number of halogens is 2. The third-order valence-corrected chi connectivity index (χ3v) is 11.1. The van der Waals surface area contributed by atoms with Crippen molar-refractivity contribution in [2.45, 2.75) is 78.1 Å². The predicted octanol–water partition coefficient (Wildman–Crippen LogP) is 7.10. The molecule has 16 heteroatoms. The summed E-state index contributed by atoms with van der Waals surface area (Å²) < 4.78 is 42.1. The number of rotatable bonds is 14. The molecule has 310 valence electrons. The third-order valence-electron chi connectivity index (χ3n) is 11.1. The van der Waals surface area contributed by atoms with E-state index >= 15 is 8.78 Å². The molecule has 0 bridgehead atoms. The standard InChI is InChI=1S/C43H48F2N8O6/c1-7-16-52(38(54)24(2)47-40(56)58-5)21-36-46-20-35(51-36)28-9-12-30-29-11-8-26(17-31(29)43(44,45)32(30)18-28)27-10-13-33-34(19-27)50-37(49-33)22-53(23-42(4)14-15-42)39(55)25(3)48-41(57)59-6/h8-13,17-20,24-25H,7,14-16,21-23H2,1-6H3,(H,46,51)(H,47,56)(H,48,57)(H,49,50)/t24-,25-/m0/s1. The van der Waals surface area contributed by atoms with Crippen molar-refractivity contribution >= 4 is 35.0 Å². The van der Waals surface area contributed by atoms with Crippen molar-refractivity contribution in [2.24, 2.45) is 5.41 Å². The van der Waals surface area contributed by atoms with Crippen LogP contribution in [0.5, 0.6) is 0 Å². The number of nitrogens with one attached hydrogen (secondary N) is 4. The molecule has 1 saturated carbocycles. The van der Waals surface area contributed by atoms with E-state index in [1.165, 1.54) is 26.4 Å². The largest absolute Gasteiger partial charge is 0.453 e. The van der Waals surface area contributed by atoms with Gasteiger partial charge in [0, 0.05) is 29.8 Å². The van der Waals surface area contributed by atoms with E-state index in [-0.39, 0.29) is 41.4 Å². The number of fused-ring (bicyclic) bond motifs is 4. The van der Waals surface area contributed by atoms with Crippen LogP contribution in [0.3, 0.4) is 0 Å². The Morgan fingerprint density at radius 1 is 0.797 bits per heavy atom. The molecule has 4 N–H and O–H groups in total. The highest BCUT2D eigenvalue weighted by atomic mass is 19.3. The minimum atomic E-state index is -3.29. The first-order valence-corrected chi connectivity index (χ1v) is 19.6. The summed E-state index contributed by atoms with van der Waals surface area (Å²) in [5.41, 5.74) is 4.40. The molecule has 1 fully saturated rings. The maximum absolute atomic E-state index is 16.4. The SMILES string of the molecule is CCCN(Cc1ncc(-c2ccc3c(c2)C(F)(F)c2cc(-c4ccc5nc(CN(CC6(C)CC6)C(=O)[C@H](C)NC(=O)OC)[nH]c5c4)ccc2-3)[nH]1)C(=O)[C@H](C)NC(=O)OC. The molecule has 0 saturated heterocycles. The average molecular weight is 811 g/mol. The van der Waals surface area contributed by atoms with Crippen LogP contribution < -0.4 is 10.6 Å². The number of benzene rings is 3. The molecule has 0 unspecified atom stereocenters. The Balaban J connectivity index is 1.09. The van der Waals surface area contributed by atoms with Gasteiger partial charge in [0.1, 0.15) is 23.7 Å². The van der Waals surface area contributed by atoms with Crippen molar-refractivity contribution < 1.29 is 37.4 Å². The van der Waals surface area contributed by atoms with Crippen LogP contribution in [0.25, 0.3) is 44.5 Å². The fourth-order valence-corrected chi connectivity index (χ4v) is 7.56. The average Bonchev–Trinajstić information content (AvgIpc) is 3.50. The Hall–Kier alpha value is -6.32. The second-order valence-corrected chi connectivity index (χ2v) is 15.7. The molecule has 2 aliphatic rings. The van der Waals surface area contributed by atoms with Crippen LogP contribution in [0.2, 0.25) is 0 Å². The van der Waals surface area contributed by atoms with Gasteiger partial charge in [0.05, 0.1) is 50.2 Å². The fraction of sp³-hybridized carbons (Fsp3) is 0.395. The number of alkyl halides is 2. The van der Waals surface area contributed by atoms with Crippen molar-refractivity contribution in [1.29, 1.82) is 0 Å². The number of hydrogen-bond acceptors (Lipinski definition) is 8. The van der Waals surface area contributed by atoms with Gasteiger partial charge in [0.2, 0.25) is 11.8 Å². The lowest BCUT2D eigenvalue weighted by molar-refractivity contribution is -0.134. The molecule has 2 atom stereocenters. The second kappa shape index (κ2) is 16.1. The first-order valence-electron chi connectivity index (χ1n) is 19.6. The number of alkyl carbamates (subject to hydrolysis) is 2. The topological polar surface area (TPSA) is 175 Å². The summed E-state index contributed by atoms with van der Waals surface area (Å²) in [7, 11) is 2.47. The van der Waals surface area contributed by atoms with Crippen molar-refractivity contribution in [3.63, 3.8) is 0 Å². The quantitative estimate of drug-likeness (QED) is 0.0919. The van der Waals surface area contributed by atoms with E-state index in [1.54, 1.807) is 48.0 Å². The lowest BCUT2D eigenvalue weighted by Crippen LogP contribution is -2.48. The number of imidazole rings is 2. The molecule has 59 heavy (non-hydrogen) atoms. The number of carbonyl (C=O) groups excluding carboxylic acids is 4. The van der Waals surface area contributed by atoms with Gasteiger partial charge in [0.25, 0.3) is 5.92 Å². The Bertz CT molecular complexity index is 2420. The Kier molecular flexibility index (Phi) is 11.2. The maximum Gasteiger partial charge on any atom is 0.407 e. The Labute approximate surface area is 340 Å². The van der Waals surface area contributed by atoms with Gasteiger partial charge in [-0.2, -0.15) is 8.78 Å². The van der Waals surface area contributed by atoms with Crippen LogP contribution in [-0.4, -0.2) is 93.1 Å².